The fourth-order valence-corrected chi connectivity index (χ4v) is 2.77. The summed E-state index contributed by atoms with van der Waals surface area (Å²) in [7, 11) is 1.43. The number of aliphatic hydroxyl groups is 1. The molecule has 1 N–H and O–H groups in total. The van der Waals surface area contributed by atoms with E-state index in [0.717, 1.165) is 0 Å². The van der Waals surface area contributed by atoms with Crippen LogP contribution in [0.4, 0.5) is 0 Å². The SMILES string of the molecule is CO[C@H]1C[C@@H](O)C[C@H](c2ccc(Cl)nc2)[C@H]1[N+](=O)[O-]. The van der Waals surface area contributed by atoms with Crippen molar-refractivity contribution in [1.82, 2.24) is 4.98 Å². The summed E-state index contributed by atoms with van der Waals surface area (Å²) in [6.07, 6.45) is 0.921. The zero-order valence-electron chi connectivity index (χ0n) is 10.4. The van der Waals surface area contributed by atoms with Gasteiger partial charge in [0.25, 0.3) is 0 Å². The van der Waals surface area contributed by atoms with Crippen LogP contribution in [0, 0.1) is 10.1 Å². The Balaban J connectivity index is 2.33. The van der Waals surface area contributed by atoms with E-state index in [1.165, 1.54) is 13.3 Å². The fraction of sp³-hybridized carbons (Fsp3) is 0.583. The van der Waals surface area contributed by atoms with E-state index in [1.54, 1.807) is 12.1 Å². The standard InChI is InChI=1S/C12H15ClN2O4/c1-19-10-5-8(16)4-9(12(10)15(17)18)7-2-3-11(13)14-6-7/h2-3,6,8-10,12,16H,4-5H2,1H3/t8-,9+,10-,12+/m0/s1. The van der Waals surface area contributed by atoms with E-state index in [2.05, 4.69) is 4.98 Å². The molecule has 1 aliphatic rings. The summed E-state index contributed by atoms with van der Waals surface area (Å²) in [5.41, 5.74) is 0.701. The fourth-order valence-electron chi connectivity index (χ4n) is 2.65. The van der Waals surface area contributed by atoms with Gasteiger partial charge in [0.2, 0.25) is 6.04 Å². The molecule has 0 saturated heterocycles. The molecule has 104 valence electrons. The Bertz CT molecular complexity index is 454. The Kier molecular flexibility index (Phi) is 4.34. The number of rotatable bonds is 3. The van der Waals surface area contributed by atoms with E-state index >= 15 is 0 Å². The molecule has 1 aliphatic carbocycles. The monoisotopic (exact) mass is 286 g/mol. The normalized spacial score (nSPS) is 31.1. The molecule has 0 amide bonds. The molecular weight excluding hydrogens is 272 g/mol. The molecule has 19 heavy (non-hydrogen) atoms. The molecule has 4 atom stereocenters. The summed E-state index contributed by atoms with van der Waals surface area (Å²) in [4.78, 5) is 14.9. The van der Waals surface area contributed by atoms with Gasteiger partial charge in [0, 0.05) is 24.7 Å². The number of aliphatic hydroxyl groups excluding tert-OH is 1. The Morgan fingerprint density at radius 1 is 1.53 bits per heavy atom. The predicted octanol–water partition coefficient (Wildman–Crippen LogP) is 1.63. The van der Waals surface area contributed by atoms with Crippen LogP contribution in [0.3, 0.4) is 0 Å². The van der Waals surface area contributed by atoms with Crippen LogP contribution in [0.1, 0.15) is 24.3 Å². The highest BCUT2D eigenvalue weighted by atomic mass is 35.5. The summed E-state index contributed by atoms with van der Waals surface area (Å²) in [5.74, 6) is -0.423. The second kappa shape index (κ2) is 5.81. The smallest absolute Gasteiger partial charge is 0.245 e. The first kappa shape index (κ1) is 14.2. The lowest BCUT2D eigenvalue weighted by Crippen LogP contribution is -2.47. The summed E-state index contributed by atoms with van der Waals surface area (Å²) in [6, 6.07) is 2.43. The van der Waals surface area contributed by atoms with Crippen LogP contribution < -0.4 is 0 Å². The van der Waals surface area contributed by atoms with E-state index in [0.29, 0.717) is 17.1 Å². The van der Waals surface area contributed by atoms with Gasteiger partial charge in [-0.05, 0) is 18.1 Å². The molecule has 6 nitrogen and oxygen atoms in total. The Morgan fingerprint density at radius 2 is 2.26 bits per heavy atom. The summed E-state index contributed by atoms with van der Waals surface area (Å²) in [6.45, 7) is 0. The lowest BCUT2D eigenvalue weighted by Gasteiger charge is -2.34. The molecular formula is C12H15ClN2O4. The van der Waals surface area contributed by atoms with Gasteiger partial charge in [0.15, 0.2) is 0 Å². The average Bonchev–Trinajstić information content (AvgIpc) is 2.38. The van der Waals surface area contributed by atoms with Crippen molar-refractivity contribution in [3.05, 3.63) is 39.2 Å². The van der Waals surface area contributed by atoms with Crippen molar-refractivity contribution < 1.29 is 14.8 Å². The lowest BCUT2D eigenvalue weighted by molar-refractivity contribution is -0.543. The molecule has 1 aromatic rings. The quantitative estimate of drug-likeness (QED) is 0.518. The molecule has 7 heteroatoms. The van der Waals surface area contributed by atoms with Gasteiger partial charge in [-0.2, -0.15) is 0 Å². The largest absolute Gasteiger partial charge is 0.393 e. The van der Waals surface area contributed by atoms with E-state index in [-0.39, 0.29) is 11.3 Å². The molecule has 0 radical (unpaired) electrons. The minimum atomic E-state index is -0.878. The van der Waals surface area contributed by atoms with Crippen molar-refractivity contribution in [3.8, 4) is 0 Å². The highest BCUT2D eigenvalue weighted by molar-refractivity contribution is 6.29. The van der Waals surface area contributed by atoms with Gasteiger partial charge in [-0.1, -0.05) is 17.7 Å². The number of nitrogens with zero attached hydrogens (tertiary/aromatic N) is 2. The number of pyridine rings is 1. The Hall–Kier alpha value is -1.24. The second-order valence-electron chi connectivity index (χ2n) is 4.70. The van der Waals surface area contributed by atoms with Gasteiger partial charge in [0.1, 0.15) is 11.3 Å². The van der Waals surface area contributed by atoms with Crippen molar-refractivity contribution in [3.63, 3.8) is 0 Å². The van der Waals surface area contributed by atoms with Gasteiger partial charge in [-0.15, -0.1) is 0 Å². The zero-order valence-corrected chi connectivity index (χ0v) is 11.2. The molecule has 0 spiro atoms. The molecule has 0 unspecified atom stereocenters. The van der Waals surface area contributed by atoms with Crippen LogP contribution in [0.15, 0.2) is 18.3 Å². The highest BCUT2D eigenvalue weighted by Crippen LogP contribution is 2.36. The zero-order chi connectivity index (χ0) is 14.0. The molecule has 0 aliphatic heterocycles. The maximum atomic E-state index is 11.3. The first-order chi connectivity index (χ1) is 9.02. The van der Waals surface area contributed by atoms with Crippen LogP contribution in [0.5, 0.6) is 0 Å². The van der Waals surface area contributed by atoms with Crippen LogP contribution in [0.25, 0.3) is 0 Å². The summed E-state index contributed by atoms with van der Waals surface area (Å²) in [5, 5.41) is 21.5. The van der Waals surface area contributed by atoms with E-state index in [9.17, 15) is 15.2 Å². The average molecular weight is 287 g/mol. The van der Waals surface area contributed by atoms with E-state index in [4.69, 9.17) is 16.3 Å². The van der Waals surface area contributed by atoms with Gasteiger partial charge in [-0.25, -0.2) is 4.98 Å². The van der Waals surface area contributed by atoms with Crippen molar-refractivity contribution >= 4 is 11.6 Å². The van der Waals surface area contributed by atoms with Crippen LogP contribution >= 0.6 is 11.6 Å². The predicted molar refractivity (Wildman–Crippen MR) is 68.8 cm³/mol. The Morgan fingerprint density at radius 3 is 2.79 bits per heavy atom. The molecule has 1 fully saturated rings. The van der Waals surface area contributed by atoms with Gasteiger partial charge >= 0.3 is 0 Å². The topological polar surface area (TPSA) is 85.5 Å². The molecule has 0 aromatic carbocycles. The third-order valence-electron chi connectivity index (χ3n) is 3.55. The number of nitro groups is 1. The number of aromatic nitrogens is 1. The van der Waals surface area contributed by atoms with Crippen molar-refractivity contribution in [1.29, 1.82) is 0 Å². The lowest BCUT2D eigenvalue weighted by atomic mass is 9.77. The Labute approximate surface area is 115 Å². The van der Waals surface area contributed by atoms with E-state index < -0.39 is 24.2 Å². The van der Waals surface area contributed by atoms with Crippen LogP contribution in [0.2, 0.25) is 5.15 Å². The number of hydrogen-bond acceptors (Lipinski definition) is 5. The maximum Gasteiger partial charge on any atom is 0.245 e. The minimum Gasteiger partial charge on any atom is -0.393 e. The second-order valence-corrected chi connectivity index (χ2v) is 5.08. The third kappa shape index (κ3) is 3.02. The van der Waals surface area contributed by atoms with Gasteiger partial charge < -0.3 is 9.84 Å². The van der Waals surface area contributed by atoms with Crippen LogP contribution in [-0.4, -0.2) is 40.4 Å². The van der Waals surface area contributed by atoms with Crippen molar-refractivity contribution in [2.45, 2.75) is 37.0 Å². The molecule has 2 rings (SSSR count). The first-order valence-corrected chi connectivity index (χ1v) is 6.36. The van der Waals surface area contributed by atoms with E-state index in [1.807, 2.05) is 0 Å². The molecule has 1 aromatic heterocycles. The third-order valence-corrected chi connectivity index (χ3v) is 3.77. The van der Waals surface area contributed by atoms with Gasteiger partial charge in [0.05, 0.1) is 12.0 Å². The van der Waals surface area contributed by atoms with Crippen molar-refractivity contribution in [2.75, 3.05) is 7.11 Å². The minimum absolute atomic E-state index is 0.277. The first-order valence-electron chi connectivity index (χ1n) is 5.98. The number of hydrogen-bond donors (Lipinski definition) is 1. The van der Waals surface area contributed by atoms with Gasteiger partial charge in [-0.3, -0.25) is 10.1 Å². The molecule has 1 saturated carbocycles. The number of ether oxygens (including phenoxy) is 1. The maximum absolute atomic E-state index is 11.3. The molecule has 0 bridgehead atoms. The number of halogens is 1. The number of methoxy groups -OCH3 is 1. The highest BCUT2D eigenvalue weighted by Gasteiger charge is 2.46. The molecule has 1 heterocycles. The van der Waals surface area contributed by atoms with Crippen LogP contribution in [-0.2, 0) is 4.74 Å². The summed E-state index contributed by atoms with van der Waals surface area (Å²) >= 11 is 5.72. The summed E-state index contributed by atoms with van der Waals surface area (Å²) < 4.78 is 5.16. The van der Waals surface area contributed by atoms with Crippen molar-refractivity contribution in [2.24, 2.45) is 0 Å².